The first-order valence-corrected chi connectivity index (χ1v) is 5.85. The van der Waals surface area contributed by atoms with E-state index in [-0.39, 0.29) is 0 Å². The van der Waals surface area contributed by atoms with Gasteiger partial charge < -0.3 is 5.32 Å². The Kier molecular flexibility index (Phi) is 3.47. The number of hydrogen-bond donors (Lipinski definition) is 2. The lowest BCUT2D eigenvalue weighted by atomic mass is 10.2. The zero-order chi connectivity index (χ0) is 10.5. The molecule has 0 aliphatic heterocycles. The van der Waals surface area contributed by atoms with Crippen LogP contribution >= 0.6 is 11.3 Å². The molecule has 4 nitrogen and oxygen atoms in total. The Morgan fingerprint density at radius 2 is 2.47 bits per heavy atom. The largest absolute Gasteiger partial charge is 0.308 e. The number of hydrogen-bond acceptors (Lipinski definition) is 4. The molecule has 0 saturated carbocycles. The average molecular weight is 222 g/mol. The van der Waals surface area contributed by atoms with E-state index in [0.29, 0.717) is 6.04 Å². The number of aromatic amines is 1. The van der Waals surface area contributed by atoms with Crippen molar-refractivity contribution in [3.63, 3.8) is 0 Å². The summed E-state index contributed by atoms with van der Waals surface area (Å²) in [5.41, 5.74) is 1.12. The Morgan fingerprint density at radius 3 is 3.13 bits per heavy atom. The van der Waals surface area contributed by atoms with E-state index in [9.17, 15) is 0 Å². The molecule has 0 aromatic carbocycles. The zero-order valence-electron chi connectivity index (χ0n) is 8.60. The molecule has 2 aromatic rings. The van der Waals surface area contributed by atoms with E-state index in [1.165, 1.54) is 5.01 Å². The van der Waals surface area contributed by atoms with Gasteiger partial charge in [0.05, 0.1) is 10.7 Å². The highest BCUT2D eigenvalue weighted by Crippen LogP contribution is 2.08. The molecule has 0 radical (unpaired) electrons. The molecule has 80 valence electrons. The SMILES string of the molecule is CC(NCCc1nccs1)c1ccn[nH]1. The van der Waals surface area contributed by atoms with Gasteiger partial charge in [-0.1, -0.05) is 0 Å². The molecule has 2 aromatic heterocycles. The quantitative estimate of drug-likeness (QED) is 0.810. The van der Waals surface area contributed by atoms with E-state index in [1.807, 2.05) is 17.6 Å². The van der Waals surface area contributed by atoms with Crippen molar-refractivity contribution in [3.8, 4) is 0 Å². The summed E-state index contributed by atoms with van der Waals surface area (Å²) in [5.74, 6) is 0. The van der Waals surface area contributed by atoms with Crippen LogP contribution in [-0.4, -0.2) is 21.7 Å². The van der Waals surface area contributed by atoms with Crippen molar-refractivity contribution in [1.29, 1.82) is 0 Å². The molecule has 2 N–H and O–H groups in total. The highest BCUT2D eigenvalue weighted by atomic mass is 32.1. The molecule has 0 aliphatic rings. The van der Waals surface area contributed by atoms with Crippen molar-refractivity contribution in [2.45, 2.75) is 19.4 Å². The Balaban J connectivity index is 1.74. The van der Waals surface area contributed by atoms with Gasteiger partial charge in [-0.15, -0.1) is 11.3 Å². The second-order valence-corrected chi connectivity index (χ2v) is 4.34. The van der Waals surface area contributed by atoms with E-state index in [1.54, 1.807) is 17.5 Å². The van der Waals surface area contributed by atoms with Gasteiger partial charge in [-0.3, -0.25) is 5.10 Å². The number of rotatable bonds is 5. The van der Waals surface area contributed by atoms with Gasteiger partial charge in [0.2, 0.25) is 0 Å². The molecule has 0 aliphatic carbocycles. The summed E-state index contributed by atoms with van der Waals surface area (Å²) in [6.07, 6.45) is 4.60. The summed E-state index contributed by atoms with van der Waals surface area (Å²) in [7, 11) is 0. The number of nitrogens with one attached hydrogen (secondary N) is 2. The first-order valence-electron chi connectivity index (χ1n) is 4.97. The summed E-state index contributed by atoms with van der Waals surface area (Å²) < 4.78 is 0. The van der Waals surface area contributed by atoms with Crippen molar-refractivity contribution >= 4 is 11.3 Å². The Bertz CT molecular complexity index is 368. The molecule has 2 heterocycles. The summed E-state index contributed by atoms with van der Waals surface area (Å²) in [5, 5.41) is 13.5. The van der Waals surface area contributed by atoms with Crippen molar-refractivity contribution < 1.29 is 0 Å². The van der Waals surface area contributed by atoms with Crippen LogP contribution < -0.4 is 5.32 Å². The van der Waals surface area contributed by atoms with Crippen LogP contribution in [0.5, 0.6) is 0 Å². The van der Waals surface area contributed by atoms with Crippen LogP contribution in [-0.2, 0) is 6.42 Å². The second kappa shape index (κ2) is 5.04. The van der Waals surface area contributed by atoms with Gasteiger partial charge in [0, 0.05) is 36.8 Å². The fourth-order valence-electron chi connectivity index (χ4n) is 1.39. The average Bonchev–Trinajstić information content (AvgIpc) is 2.90. The van der Waals surface area contributed by atoms with Gasteiger partial charge in [0.1, 0.15) is 0 Å². The summed E-state index contributed by atoms with van der Waals surface area (Å²) in [6.45, 7) is 3.06. The summed E-state index contributed by atoms with van der Waals surface area (Å²) in [6, 6.07) is 2.30. The van der Waals surface area contributed by atoms with Crippen LogP contribution in [0.2, 0.25) is 0 Å². The van der Waals surface area contributed by atoms with Gasteiger partial charge >= 0.3 is 0 Å². The van der Waals surface area contributed by atoms with Gasteiger partial charge in [-0.25, -0.2) is 4.98 Å². The van der Waals surface area contributed by atoms with Crippen LogP contribution in [0.1, 0.15) is 23.7 Å². The smallest absolute Gasteiger partial charge is 0.0937 e. The third-order valence-electron chi connectivity index (χ3n) is 2.26. The van der Waals surface area contributed by atoms with Gasteiger partial charge in [0.15, 0.2) is 0 Å². The van der Waals surface area contributed by atoms with Gasteiger partial charge in [0.25, 0.3) is 0 Å². The fraction of sp³-hybridized carbons (Fsp3) is 0.400. The molecule has 1 unspecified atom stereocenters. The number of thiazole rings is 1. The van der Waals surface area contributed by atoms with Crippen LogP contribution in [0.3, 0.4) is 0 Å². The fourth-order valence-corrected chi connectivity index (χ4v) is 2.01. The zero-order valence-corrected chi connectivity index (χ0v) is 9.42. The maximum Gasteiger partial charge on any atom is 0.0937 e. The molecule has 1 atom stereocenters. The standard InChI is InChI=1S/C10H14N4S/c1-8(9-2-5-13-14-9)11-4-3-10-12-6-7-15-10/h2,5-8,11H,3-4H2,1H3,(H,13,14). The van der Waals surface area contributed by atoms with Crippen LogP contribution in [0.15, 0.2) is 23.8 Å². The van der Waals surface area contributed by atoms with Crippen molar-refractivity contribution in [2.24, 2.45) is 0 Å². The molecule has 5 heteroatoms. The van der Waals surface area contributed by atoms with Gasteiger partial charge in [-0.2, -0.15) is 5.10 Å². The normalized spacial score (nSPS) is 12.9. The third-order valence-corrected chi connectivity index (χ3v) is 3.10. The maximum absolute atomic E-state index is 4.23. The minimum atomic E-state index is 0.312. The molecule has 2 rings (SSSR count). The van der Waals surface area contributed by atoms with E-state index in [2.05, 4.69) is 27.4 Å². The first-order chi connectivity index (χ1) is 7.36. The lowest BCUT2D eigenvalue weighted by Crippen LogP contribution is -2.21. The summed E-state index contributed by atoms with van der Waals surface area (Å²) >= 11 is 1.70. The van der Waals surface area contributed by atoms with E-state index >= 15 is 0 Å². The van der Waals surface area contributed by atoms with Crippen LogP contribution in [0.4, 0.5) is 0 Å². The minimum absolute atomic E-state index is 0.312. The van der Waals surface area contributed by atoms with E-state index in [0.717, 1.165) is 18.7 Å². The lowest BCUT2D eigenvalue weighted by molar-refractivity contribution is 0.562. The monoisotopic (exact) mass is 222 g/mol. The molecule has 0 saturated heterocycles. The number of H-pyrrole nitrogens is 1. The van der Waals surface area contributed by atoms with Gasteiger partial charge in [-0.05, 0) is 13.0 Å². The van der Waals surface area contributed by atoms with Crippen LogP contribution in [0, 0.1) is 0 Å². The Morgan fingerprint density at radius 1 is 1.53 bits per heavy atom. The van der Waals surface area contributed by atoms with E-state index in [4.69, 9.17) is 0 Å². The predicted molar refractivity (Wildman–Crippen MR) is 60.8 cm³/mol. The van der Waals surface area contributed by atoms with E-state index < -0.39 is 0 Å². The minimum Gasteiger partial charge on any atom is -0.308 e. The molecule has 0 fully saturated rings. The van der Waals surface area contributed by atoms with Crippen molar-refractivity contribution in [1.82, 2.24) is 20.5 Å². The Labute approximate surface area is 92.8 Å². The van der Waals surface area contributed by atoms with Crippen LogP contribution in [0.25, 0.3) is 0 Å². The number of aromatic nitrogens is 3. The molecule has 0 bridgehead atoms. The first kappa shape index (κ1) is 10.3. The van der Waals surface area contributed by atoms with Crippen molar-refractivity contribution in [2.75, 3.05) is 6.54 Å². The third kappa shape index (κ3) is 2.87. The second-order valence-electron chi connectivity index (χ2n) is 3.36. The topological polar surface area (TPSA) is 53.6 Å². The Hall–Kier alpha value is -1.20. The van der Waals surface area contributed by atoms with Crippen molar-refractivity contribution in [3.05, 3.63) is 34.5 Å². The highest BCUT2D eigenvalue weighted by molar-refractivity contribution is 7.09. The lowest BCUT2D eigenvalue weighted by Gasteiger charge is -2.10. The molecular weight excluding hydrogens is 208 g/mol. The highest BCUT2D eigenvalue weighted by Gasteiger charge is 2.05. The maximum atomic E-state index is 4.23. The molecular formula is C10H14N4S. The predicted octanol–water partition coefficient (Wildman–Crippen LogP) is 1.76. The number of nitrogens with zero attached hydrogens (tertiary/aromatic N) is 2. The summed E-state index contributed by atoms with van der Waals surface area (Å²) in [4.78, 5) is 4.23. The molecule has 0 spiro atoms. The molecule has 15 heavy (non-hydrogen) atoms. The molecule has 0 amide bonds.